The number of nitrogens with zero attached hydrogens (tertiary/aromatic N) is 1. The van der Waals surface area contributed by atoms with Gasteiger partial charge in [0.15, 0.2) is 5.84 Å². The van der Waals surface area contributed by atoms with Crippen LogP contribution in [0, 0.1) is 0 Å². The number of amidine groups is 1. The zero-order chi connectivity index (χ0) is 18.9. The molecule has 0 saturated carbocycles. The Morgan fingerprint density at radius 3 is 2.44 bits per heavy atom. The molecule has 0 unspecified atom stereocenters. The Morgan fingerprint density at radius 1 is 0.889 bits per heavy atom. The minimum absolute atomic E-state index is 0.166. The van der Waals surface area contributed by atoms with Gasteiger partial charge in [-0.3, -0.25) is 0 Å². The smallest absolute Gasteiger partial charge is 0.343 e. The molecule has 134 valence electrons. The van der Waals surface area contributed by atoms with Crippen molar-refractivity contribution in [1.82, 2.24) is 0 Å². The Balaban J connectivity index is 1.57. The fourth-order valence-electron chi connectivity index (χ4n) is 2.71. The van der Waals surface area contributed by atoms with Crippen molar-refractivity contribution in [3.8, 4) is 5.75 Å². The summed E-state index contributed by atoms with van der Waals surface area (Å²) in [6.07, 6.45) is 0. The number of sulfonamides is 1. The predicted octanol–water partition coefficient (Wildman–Crippen LogP) is 3.47. The van der Waals surface area contributed by atoms with Gasteiger partial charge in [0.25, 0.3) is 10.0 Å². The number of hydrogen-bond acceptors (Lipinski definition) is 5. The third-order valence-corrected chi connectivity index (χ3v) is 5.28. The molecule has 6 nitrogen and oxygen atoms in total. The Hall–Kier alpha value is -3.45. The van der Waals surface area contributed by atoms with Gasteiger partial charge in [-0.05, 0) is 36.4 Å². The van der Waals surface area contributed by atoms with Crippen LogP contribution in [0.5, 0.6) is 5.75 Å². The van der Waals surface area contributed by atoms with Crippen LogP contribution in [-0.2, 0) is 10.0 Å². The van der Waals surface area contributed by atoms with E-state index in [9.17, 15) is 13.2 Å². The van der Waals surface area contributed by atoms with E-state index in [1.807, 2.05) is 6.07 Å². The van der Waals surface area contributed by atoms with E-state index >= 15 is 0 Å². The highest BCUT2D eigenvalue weighted by molar-refractivity contribution is 7.90. The number of esters is 1. The van der Waals surface area contributed by atoms with Crippen LogP contribution in [0.3, 0.4) is 0 Å². The number of nitrogens with one attached hydrogen (secondary N) is 1. The van der Waals surface area contributed by atoms with Gasteiger partial charge in [0.2, 0.25) is 0 Å². The van der Waals surface area contributed by atoms with Crippen LogP contribution in [0.15, 0.2) is 88.2 Å². The summed E-state index contributed by atoms with van der Waals surface area (Å²) in [4.78, 5) is 12.3. The lowest BCUT2D eigenvalue weighted by Gasteiger charge is -2.09. The maximum atomic E-state index is 12.2. The number of anilines is 1. The Morgan fingerprint density at radius 2 is 1.63 bits per heavy atom. The highest BCUT2D eigenvalue weighted by Crippen LogP contribution is 2.27. The SMILES string of the molecule is O=C(Oc1cccc(NC2=NS(=O)(=O)c3ccccc32)c1)c1ccccc1. The quantitative estimate of drug-likeness (QED) is 0.557. The number of carbonyl (C=O) groups is 1. The minimum atomic E-state index is -3.70. The molecule has 0 saturated heterocycles. The third-order valence-electron chi connectivity index (χ3n) is 3.95. The molecule has 1 heterocycles. The molecule has 0 spiro atoms. The van der Waals surface area contributed by atoms with Crippen LogP contribution < -0.4 is 10.1 Å². The molecule has 1 aliphatic rings. The second-order valence-electron chi connectivity index (χ2n) is 5.82. The minimum Gasteiger partial charge on any atom is -0.423 e. The van der Waals surface area contributed by atoms with Crippen molar-refractivity contribution < 1.29 is 17.9 Å². The van der Waals surface area contributed by atoms with Gasteiger partial charge in [-0.15, -0.1) is 4.40 Å². The van der Waals surface area contributed by atoms with Gasteiger partial charge >= 0.3 is 5.97 Å². The Bertz CT molecular complexity index is 1160. The standard InChI is InChI=1S/C20H14N2O4S/c23-20(14-7-2-1-3-8-14)26-16-10-6-9-15(13-16)21-19-17-11-4-5-12-18(17)27(24,25)22-19/h1-13H,(H,21,22). The fourth-order valence-corrected chi connectivity index (χ4v) is 3.89. The van der Waals surface area contributed by atoms with Gasteiger partial charge in [-0.2, -0.15) is 8.42 Å². The van der Waals surface area contributed by atoms with Gasteiger partial charge in [-0.25, -0.2) is 4.79 Å². The number of benzene rings is 3. The summed E-state index contributed by atoms with van der Waals surface area (Å²) in [6, 6.07) is 21.9. The number of rotatable bonds is 3. The van der Waals surface area contributed by atoms with Crippen LogP contribution in [-0.4, -0.2) is 20.2 Å². The summed E-state index contributed by atoms with van der Waals surface area (Å²) in [5.41, 5.74) is 1.50. The van der Waals surface area contributed by atoms with Gasteiger partial charge in [0.1, 0.15) is 10.6 Å². The molecule has 7 heteroatoms. The number of ether oxygens (including phenoxy) is 1. The average molecular weight is 378 g/mol. The summed E-state index contributed by atoms with van der Waals surface area (Å²) in [5, 5.41) is 2.99. The van der Waals surface area contributed by atoms with Crippen molar-refractivity contribution in [1.29, 1.82) is 0 Å². The normalized spacial score (nSPS) is 14.1. The number of carbonyl (C=O) groups excluding carboxylic acids is 1. The zero-order valence-corrected chi connectivity index (χ0v) is 14.8. The molecule has 0 aliphatic carbocycles. The van der Waals surface area contributed by atoms with Crippen molar-refractivity contribution in [2.45, 2.75) is 4.90 Å². The number of hydrogen-bond donors (Lipinski definition) is 1. The molecule has 0 fully saturated rings. The first-order chi connectivity index (χ1) is 13.0. The first kappa shape index (κ1) is 17.0. The van der Waals surface area contributed by atoms with Crippen molar-refractivity contribution in [2.75, 3.05) is 5.32 Å². The third kappa shape index (κ3) is 3.45. The molecular formula is C20H14N2O4S. The average Bonchev–Trinajstić information content (AvgIpc) is 2.93. The molecule has 27 heavy (non-hydrogen) atoms. The maximum absolute atomic E-state index is 12.2. The summed E-state index contributed by atoms with van der Waals surface area (Å²) in [6.45, 7) is 0. The summed E-state index contributed by atoms with van der Waals surface area (Å²) >= 11 is 0. The lowest BCUT2D eigenvalue weighted by atomic mass is 10.2. The first-order valence-corrected chi connectivity index (χ1v) is 9.56. The van der Waals surface area contributed by atoms with Crippen molar-refractivity contribution in [2.24, 2.45) is 4.40 Å². The Kier molecular flexibility index (Phi) is 4.21. The van der Waals surface area contributed by atoms with E-state index in [2.05, 4.69) is 9.71 Å². The predicted molar refractivity (Wildman–Crippen MR) is 102 cm³/mol. The zero-order valence-electron chi connectivity index (χ0n) is 14.0. The molecule has 0 atom stereocenters. The second kappa shape index (κ2) is 6.69. The largest absolute Gasteiger partial charge is 0.423 e. The van der Waals surface area contributed by atoms with Crippen molar-refractivity contribution in [3.63, 3.8) is 0 Å². The topological polar surface area (TPSA) is 84.8 Å². The molecule has 0 amide bonds. The molecule has 0 bridgehead atoms. The molecule has 3 aromatic rings. The Labute approximate surface area is 156 Å². The van der Waals surface area contributed by atoms with Crippen molar-refractivity contribution in [3.05, 3.63) is 90.0 Å². The van der Waals surface area contributed by atoms with Gasteiger partial charge in [-0.1, -0.05) is 36.4 Å². The monoisotopic (exact) mass is 378 g/mol. The van der Waals surface area contributed by atoms with Crippen LogP contribution in [0.4, 0.5) is 5.69 Å². The lowest BCUT2D eigenvalue weighted by Crippen LogP contribution is -2.12. The molecular weight excluding hydrogens is 364 g/mol. The van der Waals surface area contributed by atoms with Crippen LogP contribution in [0.1, 0.15) is 15.9 Å². The van der Waals surface area contributed by atoms with E-state index in [0.29, 0.717) is 22.6 Å². The molecule has 3 aromatic carbocycles. The van der Waals surface area contributed by atoms with Gasteiger partial charge in [0, 0.05) is 17.3 Å². The molecule has 0 aromatic heterocycles. The van der Waals surface area contributed by atoms with E-state index in [1.54, 1.807) is 66.7 Å². The lowest BCUT2D eigenvalue weighted by molar-refractivity contribution is 0.0735. The maximum Gasteiger partial charge on any atom is 0.343 e. The summed E-state index contributed by atoms with van der Waals surface area (Å²) in [5.74, 6) is 0.0969. The fraction of sp³-hybridized carbons (Fsp3) is 0. The molecule has 1 N–H and O–H groups in total. The van der Waals surface area contributed by atoms with E-state index < -0.39 is 16.0 Å². The van der Waals surface area contributed by atoms with Crippen molar-refractivity contribution >= 4 is 27.5 Å². The molecule has 1 aliphatic heterocycles. The van der Waals surface area contributed by atoms with Crippen LogP contribution >= 0.6 is 0 Å². The summed E-state index contributed by atoms with van der Waals surface area (Å²) < 4.78 is 33.4. The van der Waals surface area contributed by atoms with E-state index in [1.165, 1.54) is 6.07 Å². The molecule has 4 rings (SSSR count). The van der Waals surface area contributed by atoms with E-state index in [4.69, 9.17) is 4.74 Å². The van der Waals surface area contributed by atoms with Gasteiger partial charge < -0.3 is 10.1 Å². The van der Waals surface area contributed by atoms with Crippen LogP contribution in [0.25, 0.3) is 0 Å². The van der Waals surface area contributed by atoms with Gasteiger partial charge in [0.05, 0.1) is 5.56 Å². The number of fused-ring (bicyclic) bond motifs is 1. The highest BCUT2D eigenvalue weighted by Gasteiger charge is 2.28. The highest BCUT2D eigenvalue weighted by atomic mass is 32.2. The summed E-state index contributed by atoms with van der Waals surface area (Å²) in [7, 11) is -3.70. The first-order valence-electron chi connectivity index (χ1n) is 8.12. The van der Waals surface area contributed by atoms with Crippen LogP contribution in [0.2, 0.25) is 0 Å². The van der Waals surface area contributed by atoms with E-state index in [-0.39, 0.29) is 10.7 Å². The second-order valence-corrected chi connectivity index (χ2v) is 7.39. The molecule has 0 radical (unpaired) electrons. The van der Waals surface area contributed by atoms with E-state index in [0.717, 1.165) is 0 Å².